The number of imidazole rings is 1. The van der Waals surface area contributed by atoms with E-state index >= 15 is 0 Å². The molecule has 0 aliphatic carbocycles. The zero-order chi connectivity index (χ0) is 14.3. The molecular weight excluding hydrogens is 342 g/mol. The Morgan fingerprint density at radius 1 is 1.40 bits per heavy atom. The first-order valence-corrected chi connectivity index (χ1v) is 7.49. The fourth-order valence-electron chi connectivity index (χ4n) is 2.43. The van der Waals surface area contributed by atoms with Gasteiger partial charge in [0.2, 0.25) is 0 Å². The van der Waals surface area contributed by atoms with Crippen LogP contribution in [0, 0.1) is 0 Å². The van der Waals surface area contributed by atoms with E-state index in [9.17, 15) is 4.79 Å². The number of hydrogen-bond acceptors (Lipinski definition) is 2. The second kappa shape index (κ2) is 5.22. The van der Waals surface area contributed by atoms with Gasteiger partial charge < -0.3 is 9.47 Å². The topological polar surface area (TPSA) is 38.1 Å². The molecule has 20 heavy (non-hydrogen) atoms. The number of aromatic nitrogens is 2. The number of carbonyl (C=O) groups excluding carboxylic acids is 1. The zero-order valence-electron chi connectivity index (χ0n) is 10.9. The normalized spacial score (nSPS) is 14.2. The molecule has 6 heteroatoms. The quantitative estimate of drug-likeness (QED) is 0.789. The average Bonchev–Trinajstić information content (AvgIpc) is 2.74. The third-order valence-electron chi connectivity index (χ3n) is 3.59. The van der Waals surface area contributed by atoms with Gasteiger partial charge in [-0.3, -0.25) is 4.79 Å². The van der Waals surface area contributed by atoms with Crippen molar-refractivity contribution in [1.82, 2.24) is 14.5 Å². The van der Waals surface area contributed by atoms with Crippen LogP contribution >= 0.6 is 27.5 Å². The molecule has 0 fully saturated rings. The van der Waals surface area contributed by atoms with Gasteiger partial charge in [-0.25, -0.2) is 4.98 Å². The van der Waals surface area contributed by atoms with Gasteiger partial charge >= 0.3 is 0 Å². The predicted octanol–water partition coefficient (Wildman–Crippen LogP) is 3.03. The molecule has 0 saturated carbocycles. The first-order valence-electron chi connectivity index (χ1n) is 6.31. The molecule has 0 bridgehead atoms. The van der Waals surface area contributed by atoms with Crippen LogP contribution in [0.5, 0.6) is 0 Å². The third-order valence-corrected chi connectivity index (χ3v) is 4.63. The smallest absolute Gasteiger partial charge is 0.255 e. The molecule has 1 aliphatic heterocycles. The highest BCUT2D eigenvalue weighted by Gasteiger charge is 2.26. The molecule has 0 unspecified atom stereocenters. The van der Waals surface area contributed by atoms with E-state index in [0.717, 1.165) is 22.5 Å². The van der Waals surface area contributed by atoms with Crippen molar-refractivity contribution in [2.45, 2.75) is 13.0 Å². The minimum atomic E-state index is -0.0291. The van der Waals surface area contributed by atoms with Gasteiger partial charge in [0.25, 0.3) is 5.91 Å². The average molecular weight is 355 g/mol. The van der Waals surface area contributed by atoms with Crippen molar-refractivity contribution < 1.29 is 4.79 Å². The monoisotopic (exact) mass is 353 g/mol. The maximum atomic E-state index is 12.5. The number of halogens is 2. The standard InChI is InChI=1S/C14H13BrClN3O/c1-18-12-8-19(7-6-11(12)17-14(18)15)13(20)9-4-2-3-5-10(9)16/h2-5H,6-8H2,1H3. The Labute approximate surface area is 130 Å². The molecule has 2 aromatic rings. The zero-order valence-corrected chi connectivity index (χ0v) is 13.3. The number of amides is 1. The first-order chi connectivity index (χ1) is 9.58. The Bertz CT molecular complexity index is 683. The summed E-state index contributed by atoms with van der Waals surface area (Å²) >= 11 is 9.52. The molecule has 3 rings (SSSR count). The van der Waals surface area contributed by atoms with Crippen molar-refractivity contribution in [3.05, 3.63) is 51.0 Å². The fourth-order valence-corrected chi connectivity index (χ4v) is 3.08. The van der Waals surface area contributed by atoms with E-state index in [4.69, 9.17) is 11.6 Å². The largest absolute Gasteiger partial charge is 0.332 e. The van der Waals surface area contributed by atoms with Crippen LogP contribution in [0.15, 0.2) is 29.0 Å². The predicted molar refractivity (Wildman–Crippen MR) is 80.8 cm³/mol. The molecule has 0 atom stereocenters. The van der Waals surface area contributed by atoms with Crippen LogP contribution in [0.2, 0.25) is 5.02 Å². The number of rotatable bonds is 1. The van der Waals surface area contributed by atoms with Crippen LogP contribution in [0.1, 0.15) is 21.7 Å². The lowest BCUT2D eigenvalue weighted by Crippen LogP contribution is -2.36. The summed E-state index contributed by atoms with van der Waals surface area (Å²) in [6.45, 7) is 1.23. The molecule has 1 aromatic heterocycles. The van der Waals surface area contributed by atoms with Crippen LogP contribution in [0.4, 0.5) is 0 Å². The Morgan fingerprint density at radius 2 is 2.15 bits per heavy atom. The van der Waals surface area contributed by atoms with Crippen molar-refractivity contribution in [1.29, 1.82) is 0 Å². The van der Waals surface area contributed by atoms with Crippen LogP contribution in [0.25, 0.3) is 0 Å². The molecule has 104 valence electrons. The van der Waals surface area contributed by atoms with E-state index in [-0.39, 0.29) is 5.91 Å². The van der Waals surface area contributed by atoms with Gasteiger partial charge in [-0.15, -0.1) is 0 Å². The van der Waals surface area contributed by atoms with Gasteiger partial charge in [0, 0.05) is 20.0 Å². The van der Waals surface area contributed by atoms with E-state index in [1.54, 1.807) is 12.1 Å². The van der Waals surface area contributed by atoms with E-state index < -0.39 is 0 Å². The summed E-state index contributed by atoms with van der Waals surface area (Å²) in [5.41, 5.74) is 2.69. The number of hydrogen-bond donors (Lipinski definition) is 0. The second-order valence-electron chi connectivity index (χ2n) is 4.79. The summed E-state index contributed by atoms with van der Waals surface area (Å²) in [7, 11) is 1.94. The lowest BCUT2D eigenvalue weighted by Gasteiger charge is -2.27. The molecule has 2 heterocycles. The van der Waals surface area contributed by atoms with E-state index in [1.807, 2.05) is 28.6 Å². The summed E-state index contributed by atoms with van der Waals surface area (Å²) in [6.07, 6.45) is 0.769. The van der Waals surface area contributed by atoms with E-state index in [0.29, 0.717) is 23.7 Å². The molecule has 0 spiro atoms. The summed E-state index contributed by atoms with van der Waals surface area (Å²) in [5, 5.41) is 0.495. The highest BCUT2D eigenvalue weighted by molar-refractivity contribution is 9.10. The summed E-state index contributed by atoms with van der Waals surface area (Å²) in [4.78, 5) is 18.8. The van der Waals surface area contributed by atoms with Gasteiger partial charge in [-0.2, -0.15) is 0 Å². The Hall–Kier alpha value is -1.33. The van der Waals surface area contributed by atoms with Crippen LogP contribution in [-0.2, 0) is 20.0 Å². The van der Waals surface area contributed by atoms with E-state index in [1.165, 1.54) is 0 Å². The van der Waals surface area contributed by atoms with Crippen molar-refractivity contribution in [3.8, 4) is 0 Å². The minimum absolute atomic E-state index is 0.0291. The number of nitrogens with zero attached hydrogens (tertiary/aromatic N) is 3. The second-order valence-corrected chi connectivity index (χ2v) is 5.91. The van der Waals surface area contributed by atoms with Crippen LogP contribution in [0.3, 0.4) is 0 Å². The van der Waals surface area contributed by atoms with Gasteiger partial charge in [-0.05, 0) is 28.1 Å². The van der Waals surface area contributed by atoms with Crippen molar-refractivity contribution in [3.63, 3.8) is 0 Å². The molecule has 1 aromatic carbocycles. The third kappa shape index (κ3) is 2.25. The van der Waals surface area contributed by atoms with Gasteiger partial charge in [-0.1, -0.05) is 23.7 Å². The SMILES string of the molecule is Cn1c(Br)nc2c1CN(C(=O)c1ccccc1Cl)CC2. The van der Waals surface area contributed by atoms with Crippen molar-refractivity contribution in [2.75, 3.05) is 6.54 Å². The van der Waals surface area contributed by atoms with Crippen LogP contribution in [-0.4, -0.2) is 26.9 Å². The van der Waals surface area contributed by atoms with Gasteiger partial charge in [0.1, 0.15) is 0 Å². The van der Waals surface area contributed by atoms with Crippen molar-refractivity contribution in [2.24, 2.45) is 7.05 Å². The molecule has 0 saturated heterocycles. The lowest BCUT2D eigenvalue weighted by atomic mass is 10.1. The van der Waals surface area contributed by atoms with E-state index in [2.05, 4.69) is 20.9 Å². The number of carbonyl (C=O) groups is 1. The number of benzene rings is 1. The fraction of sp³-hybridized carbons (Fsp3) is 0.286. The summed E-state index contributed by atoms with van der Waals surface area (Å²) in [6, 6.07) is 7.16. The molecular formula is C14H13BrClN3O. The molecule has 0 N–H and O–H groups in total. The minimum Gasteiger partial charge on any atom is -0.332 e. The highest BCUT2D eigenvalue weighted by Crippen LogP contribution is 2.25. The Balaban J connectivity index is 1.89. The highest BCUT2D eigenvalue weighted by atomic mass is 79.9. The molecule has 4 nitrogen and oxygen atoms in total. The maximum absolute atomic E-state index is 12.5. The molecule has 1 aliphatic rings. The van der Waals surface area contributed by atoms with Crippen molar-refractivity contribution >= 4 is 33.4 Å². The summed E-state index contributed by atoms with van der Waals surface area (Å²) in [5.74, 6) is -0.0291. The lowest BCUT2D eigenvalue weighted by molar-refractivity contribution is 0.0730. The van der Waals surface area contributed by atoms with Gasteiger partial charge in [0.05, 0.1) is 28.5 Å². The summed E-state index contributed by atoms with van der Waals surface area (Å²) < 4.78 is 2.77. The molecule has 1 amide bonds. The first kappa shape index (κ1) is 13.6. The Morgan fingerprint density at radius 3 is 2.90 bits per heavy atom. The number of fused-ring (bicyclic) bond motifs is 1. The van der Waals surface area contributed by atoms with Gasteiger partial charge in [0.15, 0.2) is 4.73 Å². The van der Waals surface area contributed by atoms with Crippen LogP contribution < -0.4 is 0 Å². The molecule has 0 radical (unpaired) electrons. The Kier molecular flexibility index (Phi) is 3.56. The maximum Gasteiger partial charge on any atom is 0.255 e.